The molecule has 3 heterocycles. The number of fused-ring (bicyclic) bond motifs is 1. The Bertz CT molecular complexity index is 869. The fourth-order valence-corrected chi connectivity index (χ4v) is 4.05. The number of aromatic nitrogens is 3. The molecule has 1 atom stereocenters. The Hall–Kier alpha value is -2.61. The molecule has 0 unspecified atom stereocenters. The topological polar surface area (TPSA) is 66.3 Å². The lowest BCUT2D eigenvalue weighted by Gasteiger charge is -2.35. The Morgan fingerprint density at radius 1 is 1.23 bits per heavy atom. The van der Waals surface area contributed by atoms with Gasteiger partial charge in [0.1, 0.15) is 5.82 Å². The molecule has 1 aromatic carbocycles. The highest BCUT2D eigenvalue weighted by Crippen LogP contribution is 2.29. The van der Waals surface area contributed by atoms with Gasteiger partial charge in [0.2, 0.25) is 0 Å². The van der Waals surface area contributed by atoms with Gasteiger partial charge in [0, 0.05) is 50.0 Å². The molecule has 26 heavy (non-hydrogen) atoms. The van der Waals surface area contributed by atoms with E-state index >= 15 is 0 Å². The van der Waals surface area contributed by atoms with Gasteiger partial charge in [-0.25, -0.2) is 4.79 Å². The predicted octanol–water partition coefficient (Wildman–Crippen LogP) is 2.41. The number of nitrogens with zero attached hydrogens (tertiary/aromatic N) is 5. The summed E-state index contributed by atoms with van der Waals surface area (Å²) in [5.41, 5.74) is 0. The number of hydrogen-bond donors (Lipinski definition) is 1. The minimum absolute atomic E-state index is 0.00700. The third-order valence-electron chi connectivity index (χ3n) is 4.61. The Labute approximate surface area is 156 Å². The highest BCUT2D eigenvalue weighted by molar-refractivity contribution is 7.13. The van der Waals surface area contributed by atoms with E-state index in [1.165, 1.54) is 21.6 Å². The van der Waals surface area contributed by atoms with Gasteiger partial charge in [0.05, 0.1) is 11.2 Å². The summed E-state index contributed by atoms with van der Waals surface area (Å²) in [4.78, 5) is 16.6. The maximum Gasteiger partial charge on any atom is 0.317 e. The van der Waals surface area contributed by atoms with Crippen LogP contribution in [-0.2, 0) is 6.54 Å². The summed E-state index contributed by atoms with van der Waals surface area (Å²) in [6, 6.07) is 10.2. The summed E-state index contributed by atoms with van der Waals surface area (Å²) in [6.45, 7) is 5.67. The molecule has 2 aromatic heterocycles. The van der Waals surface area contributed by atoms with Crippen molar-refractivity contribution in [3.8, 4) is 0 Å². The minimum Gasteiger partial charge on any atom is -0.352 e. The van der Waals surface area contributed by atoms with E-state index in [1.54, 1.807) is 6.20 Å². The van der Waals surface area contributed by atoms with Crippen molar-refractivity contribution in [2.24, 2.45) is 0 Å². The van der Waals surface area contributed by atoms with Gasteiger partial charge in [-0.2, -0.15) is 9.47 Å². The second kappa shape index (κ2) is 7.33. The molecule has 2 amide bonds. The second-order valence-electron chi connectivity index (χ2n) is 6.56. The molecular formula is C18H22N6OS. The Morgan fingerprint density at radius 3 is 2.81 bits per heavy atom. The molecule has 0 spiro atoms. The van der Waals surface area contributed by atoms with E-state index < -0.39 is 0 Å². The van der Waals surface area contributed by atoms with Crippen molar-refractivity contribution in [1.29, 1.82) is 0 Å². The molecule has 0 bridgehead atoms. The Morgan fingerprint density at radius 2 is 2.04 bits per heavy atom. The number of carbonyl (C=O) groups excluding carboxylic acids is 1. The fourth-order valence-electron chi connectivity index (χ4n) is 3.26. The van der Waals surface area contributed by atoms with Gasteiger partial charge in [0.25, 0.3) is 0 Å². The molecule has 4 rings (SSSR count). The van der Waals surface area contributed by atoms with Crippen molar-refractivity contribution in [3.63, 3.8) is 0 Å². The van der Waals surface area contributed by atoms with Crippen LogP contribution < -0.4 is 10.2 Å². The molecule has 136 valence electrons. The predicted molar refractivity (Wildman–Crippen MR) is 104 cm³/mol. The molecule has 1 aliphatic heterocycles. The van der Waals surface area contributed by atoms with E-state index in [1.807, 2.05) is 40.9 Å². The van der Waals surface area contributed by atoms with Crippen molar-refractivity contribution in [2.45, 2.75) is 19.5 Å². The van der Waals surface area contributed by atoms with E-state index in [0.717, 1.165) is 18.9 Å². The second-order valence-corrected chi connectivity index (χ2v) is 7.36. The van der Waals surface area contributed by atoms with Crippen LogP contribution in [-0.4, -0.2) is 57.3 Å². The SMILES string of the molecule is C[C@@H](Cn1cccn1)NC(=O)N1CCN(c2nsc3ccccc23)CC1. The third-order valence-corrected chi connectivity index (χ3v) is 5.43. The van der Waals surface area contributed by atoms with Crippen LogP contribution in [0.5, 0.6) is 0 Å². The lowest BCUT2D eigenvalue weighted by atomic mass is 10.2. The number of rotatable bonds is 4. The summed E-state index contributed by atoms with van der Waals surface area (Å²) in [6.07, 6.45) is 3.65. The molecule has 7 nitrogen and oxygen atoms in total. The first-order valence-corrected chi connectivity index (χ1v) is 9.60. The highest BCUT2D eigenvalue weighted by atomic mass is 32.1. The normalized spacial score (nSPS) is 16.0. The van der Waals surface area contributed by atoms with Crippen molar-refractivity contribution in [3.05, 3.63) is 42.7 Å². The molecular weight excluding hydrogens is 348 g/mol. The van der Waals surface area contributed by atoms with Gasteiger partial charge in [-0.1, -0.05) is 12.1 Å². The van der Waals surface area contributed by atoms with E-state index in [0.29, 0.717) is 19.6 Å². The van der Waals surface area contributed by atoms with E-state index in [4.69, 9.17) is 0 Å². The summed E-state index contributed by atoms with van der Waals surface area (Å²) in [5.74, 6) is 1.04. The van der Waals surface area contributed by atoms with E-state index in [9.17, 15) is 4.79 Å². The number of amides is 2. The number of nitrogens with one attached hydrogen (secondary N) is 1. The summed E-state index contributed by atoms with van der Waals surface area (Å²) in [5, 5.41) is 8.44. The Kier molecular flexibility index (Phi) is 4.75. The number of piperazine rings is 1. The van der Waals surface area contributed by atoms with Crippen molar-refractivity contribution in [1.82, 2.24) is 24.4 Å². The van der Waals surface area contributed by atoms with Crippen LogP contribution in [0.4, 0.5) is 10.6 Å². The van der Waals surface area contributed by atoms with Crippen LogP contribution in [0.25, 0.3) is 10.1 Å². The first-order valence-electron chi connectivity index (χ1n) is 8.83. The van der Waals surface area contributed by atoms with Crippen LogP contribution in [0, 0.1) is 0 Å². The molecule has 3 aromatic rings. The van der Waals surface area contributed by atoms with Crippen LogP contribution >= 0.6 is 11.5 Å². The average Bonchev–Trinajstić information content (AvgIpc) is 3.31. The number of benzene rings is 1. The largest absolute Gasteiger partial charge is 0.352 e. The van der Waals surface area contributed by atoms with Gasteiger partial charge in [-0.3, -0.25) is 4.68 Å². The average molecular weight is 370 g/mol. The van der Waals surface area contributed by atoms with Crippen LogP contribution in [0.1, 0.15) is 6.92 Å². The quantitative estimate of drug-likeness (QED) is 0.766. The molecule has 1 saturated heterocycles. The Balaban J connectivity index is 1.32. The summed E-state index contributed by atoms with van der Waals surface area (Å²) < 4.78 is 7.65. The minimum atomic E-state index is -0.00700. The van der Waals surface area contributed by atoms with Crippen molar-refractivity contribution >= 4 is 33.5 Å². The number of urea groups is 1. The smallest absolute Gasteiger partial charge is 0.317 e. The molecule has 0 saturated carbocycles. The number of anilines is 1. The van der Waals surface area contributed by atoms with E-state index in [-0.39, 0.29) is 12.1 Å². The molecule has 0 aliphatic carbocycles. The van der Waals surface area contributed by atoms with E-state index in [2.05, 4.69) is 31.8 Å². The molecule has 1 N–H and O–H groups in total. The molecule has 0 radical (unpaired) electrons. The van der Waals surface area contributed by atoms with Gasteiger partial charge >= 0.3 is 6.03 Å². The number of hydrogen-bond acceptors (Lipinski definition) is 5. The zero-order chi connectivity index (χ0) is 17.9. The molecule has 1 aliphatic rings. The zero-order valence-corrected chi connectivity index (χ0v) is 15.5. The van der Waals surface area contributed by atoms with Crippen LogP contribution in [0.3, 0.4) is 0 Å². The lowest BCUT2D eigenvalue weighted by Crippen LogP contribution is -2.53. The van der Waals surface area contributed by atoms with Crippen molar-refractivity contribution < 1.29 is 4.79 Å². The third kappa shape index (κ3) is 3.50. The first kappa shape index (κ1) is 16.8. The van der Waals surface area contributed by atoms with Crippen molar-refractivity contribution in [2.75, 3.05) is 31.1 Å². The maximum atomic E-state index is 12.5. The van der Waals surface area contributed by atoms with Gasteiger partial charge in [0.15, 0.2) is 0 Å². The molecule has 8 heteroatoms. The van der Waals surface area contributed by atoms with Gasteiger partial charge in [-0.05, 0) is 36.7 Å². The van der Waals surface area contributed by atoms with Crippen LogP contribution in [0.15, 0.2) is 42.7 Å². The summed E-state index contributed by atoms with van der Waals surface area (Å²) in [7, 11) is 0. The zero-order valence-electron chi connectivity index (χ0n) is 14.7. The lowest BCUT2D eigenvalue weighted by molar-refractivity contribution is 0.189. The summed E-state index contributed by atoms with van der Waals surface area (Å²) >= 11 is 1.53. The number of carbonyl (C=O) groups is 1. The fraction of sp³-hybridized carbons (Fsp3) is 0.389. The first-order chi connectivity index (χ1) is 12.7. The highest BCUT2D eigenvalue weighted by Gasteiger charge is 2.24. The molecule has 1 fully saturated rings. The monoisotopic (exact) mass is 370 g/mol. The van der Waals surface area contributed by atoms with Crippen LogP contribution in [0.2, 0.25) is 0 Å². The maximum absolute atomic E-state index is 12.5. The van der Waals surface area contributed by atoms with Gasteiger partial charge < -0.3 is 15.1 Å². The standard InChI is InChI=1S/C18H22N6OS/c1-14(13-24-8-4-7-19-24)20-18(25)23-11-9-22(10-12-23)17-15-5-2-3-6-16(15)26-21-17/h2-8,14H,9-13H2,1H3,(H,20,25)/t14-/m0/s1. The van der Waals surface area contributed by atoms with Gasteiger partial charge in [-0.15, -0.1) is 0 Å².